The van der Waals surface area contributed by atoms with Gasteiger partial charge in [0.2, 0.25) is 0 Å². The Labute approximate surface area is 280 Å². The molecule has 222 valence electrons. The number of benzene rings is 8. The van der Waals surface area contributed by atoms with Crippen LogP contribution in [0.4, 0.5) is 0 Å². The fraction of sp³-hybridized carbons (Fsp3) is 0. The molecule has 0 aliphatic heterocycles. The van der Waals surface area contributed by atoms with Crippen molar-refractivity contribution in [2.45, 2.75) is 0 Å². The van der Waals surface area contributed by atoms with Gasteiger partial charge in [0, 0.05) is 36.8 Å². The summed E-state index contributed by atoms with van der Waals surface area (Å²) in [6.07, 6.45) is 0. The number of nitrogens with zero attached hydrogens (tertiary/aromatic N) is 2. The summed E-state index contributed by atoms with van der Waals surface area (Å²) < 4.78 is 5.86. The van der Waals surface area contributed by atoms with Gasteiger partial charge in [0.05, 0.1) is 33.4 Å². The predicted octanol–water partition coefficient (Wildman–Crippen LogP) is 12.6. The summed E-state index contributed by atoms with van der Waals surface area (Å²) in [7, 11) is 0. The van der Waals surface area contributed by atoms with Gasteiger partial charge >= 0.3 is 0 Å². The number of halogens is 1. The number of hydrogen-bond donors (Lipinski definition) is 0. The molecule has 8 aromatic carbocycles. The molecule has 2 aromatic heterocycles. The van der Waals surface area contributed by atoms with Gasteiger partial charge < -0.3 is 9.13 Å². The van der Waals surface area contributed by atoms with Gasteiger partial charge in [-0.15, -0.1) is 0 Å². The first-order valence-electron chi connectivity index (χ1n) is 15.9. The second kappa shape index (κ2) is 11.3. The van der Waals surface area contributed by atoms with E-state index in [0.29, 0.717) is 0 Å². The van der Waals surface area contributed by atoms with Crippen molar-refractivity contribution in [2.75, 3.05) is 0 Å². The number of aromatic nitrogens is 2. The van der Waals surface area contributed by atoms with Crippen molar-refractivity contribution in [1.29, 1.82) is 0 Å². The topological polar surface area (TPSA) is 9.86 Å². The van der Waals surface area contributed by atoms with E-state index in [-0.39, 0.29) is 0 Å². The van der Waals surface area contributed by atoms with Gasteiger partial charge in [-0.05, 0) is 59.3 Å². The maximum atomic E-state index is 3.61. The smallest absolute Gasteiger partial charge is 0.0542 e. The summed E-state index contributed by atoms with van der Waals surface area (Å²) in [5.74, 6) is 0. The third kappa shape index (κ3) is 4.54. The van der Waals surface area contributed by atoms with Gasteiger partial charge in [-0.1, -0.05) is 143 Å². The van der Waals surface area contributed by atoms with E-state index < -0.39 is 0 Å². The normalized spacial score (nSPS) is 11.5. The lowest BCUT2D eigenvalue weighted by Crippen LogP contribution is -1.94. The SMILES string of the molecule is Brc1ccc2c(c1)c1ccccc1n2-c1cccc2ccccc12.c1ccc2c(-n3c4ccccc4c4ccccc43)cccc2c1. The van der Waals surface area contributed by atoms with Crippen LogP contribution >= 0.6 is 15.9 Å². The van der Waals surface area contributed by atoms with Gasteiger partial charge in [-0.25, -0.2) is 0 Å². The maximum absolute atomic E-state index is 3.61. The molecule has 47 heavy (non-hydrogen) atoms. The molecule has 3 heteroatoms. The van der Waals surface area contributed by atoms with Crippen molar-refractivity contribution >= 4 is 81.1 Å². The van der Waals surface area contributed by atoms with Crippen LogP contribution < -0.4 is 0 Å². The predicted molar refractivity (Wildman–Crippen MR) is 204 cm³/mol. The lowest BCUT2D eigenvalue weighted by molar-refractivity contribution is 1.20. The molecule has 0 unspecified atom stereocenters. The molecule has 10 rings (SSSR count). The Morgan fingerprint density at radius 2 is 0.660 bits per heavy atom. The van der Waals surface area contributed by atoms with Crippen LogP contribution in [0.5, 0.6) is 0 Å². The summed E-state index contributed by atoms with van der Waals surface area (Å²) in [6.45, 7) is 0. The standard InChI is InChI=1S/C22H14BrN.C22H15N/c23-16-12-13-22-19(14-16)18-9-3-4-10-21(18)24(22)20-11-5-7-15-6-1-2-8-17(15)20;1-2-10-17-16(8-1)9-7-15-20(17)23-21-13-5-3-11-18(21)19-12-4-6-14-22(19)23/h1-14H;1-15H. The average Bonchev–Trinajstić information content (AvgIpc) is 3.64. The zero-order valence-electron chi connectivity index (χ0n) is 25.5. The van der Waals surface area contributed by atoms with E-state index in [1.54, 1.807) is 0 Å². The number of hydrogen-bond acceptors (Lipinski definition) is 0. The first-order chi connectivity index (χ1) is 23.3. The van der Waals surface area contributed by atoms with Crippen molar-refractivity contribution in [3.05, 3.63) is 180 Å². The summed E-state index contributed by atoms with van der Waals surface area (Å²) in [5, 5.41) is 10.2. The van der Waals surface area contributed by atoms with Crippen molar-refractivity contribution in [3.8, 4) is 11.4 Å². The molecule has 0 radical (unpaired) electrons. The van der Waals surface area contributed by atoms with E-state index in [0.717, 1.165) is 4.47 Å². The molecule has 0 N–H and O–H groups in total. The van der Waals surface area contributed by atoms with Gasteiger partial charge in [-0.3, -0.25) is 0 Å². The Balaban J connectivity index is 0.000000129. The Bertz CT molecular complexity index is 2700. The van der Waals surface area contributed by atoms with Crippen LogP contribution in [-0.2, 0) is 0 Å². The molecule has 0 aliphatic carbocycles. The highest BCUT2D eigenvalue weighted by Gasteiger charge is 2.15. The monoisotopic (exact) mass is 664 g/mol. The van der Waals surface area contributed by atoms with Crippen molar-refractivity contribution < 1.29 is 0 Å². The van der Waals surface area contributed by atoms with E-state index in [2.05, 4.69) is 201 Å². The van der Waals surface area contributed by atoms with Crippen molar-refractivity contribution in [1.82, 2.24) is 9.13 Å². The van der Waals surface area contributed by atoms with Gasteiger partial charge in [0.1, 0.15) is 0 Å². The highest BCUT2D eigenvalue weighted by Crippen LogP contribution is 2.36. The van der Waals surface area contributed by atoms with E-state index in [4.69, 9.17) is 0 Å². The van der Waals surface area contributed by atoms with Gasteiger partial charge in [0.15, 0.2) is 0 Å². The molecule has 0 atom stereocenters. The minimum absolute atomic E-state index is 1.11. The Hall–Kier alpha value is -5.64. The lowest BCUT2D eigenvalue weighted by Gasteiger charge is -2.11. The largest absolute Gasteiger partial charge is 0.309 e. The molecule has 2 heterocycles. The molecule has 0 fully saturated rings. The van der Waals surface area contributed by atoms with Crippen LogP contribution in [0.3, 0.4) is 0 Å². The van der Waals surface area contributed by atoms with Crippen LogP contribution in [0.2, 0.25) is 0 Å². The van der Waals surface area contributed by atoms with Crippen LogP contribution in [0.25, 0.3) is 76.5 Å². The molecule has 0 aliphatic rings. The molecule has 0 spiro atoms. The molecule has 0 saturated heterocycles. The maximum Gasteiger partial charge on any atom is 0.0542 e. The zero-order valence-corrected chi connectivity index (χ0v) is 27.1. The van der Waals surface area contributed by atoms with Crippen molar-refractivity contribution in [3.63, 3.8) is 0 Å². The first-order valence-corrected chi connectivity index (χ1v) is 16.7. The summed E-state index contributed by atoms with van der Waals surface area (Å²) >= 11 is 3.61. The molecule has 10 aromatic rings. The summed E-state index contributed by atoms with van der Waals surface area (Å²) in [6, 6.07) is 62.6. The second-order valence-corrected chi connectivity index (χ2v) is 12.8. The third-order valence-corrected chi connectivity index (χ3v) is 9.72. The van der Waals surface area contributed by atoms with Crippen LogP contribution in [0.1, 0.15) is 0 Å². The first kappa shape index (κ1) is 27.7. The minimum Gasteiger partial charge on any atom is -0.309 e. The summed E-state index contributed by atoms with van der Waals surface area (Å²) in [5.41, 5.74) is 7.44. The van der Waals surface area contributed by atoms with Crippen molar-refractivity contribution in [2.24, 2.45) is 0 Å². The lowest BCUT2D eigenvalue weighted by atomic mass is 10.1. The zero-order chi connectivity index (χ0) is 31.3. The molecule has 0 amide bonds. The van der Waals surface area contributed by atoms with Crippen LogP contribution in [0, 0.1) is 0 Å². The summed E-state index contributed by atoms with van der Waals surface area (Å²) in [4.78, 5) is 0. The fourth-order valence-electron chi connectivity index (χ4n) is 7.19. The third-order valence-electron chi connectivity index (χ3n) is 9.23. The second-order valence-electron chi connectivity index (χ2n) is 11.9. The molecule has 0 bridgehead atoms. The van der Waals surface area contributed by atoms with E-state index in [9.17, 15) is 0 Å². The molecular weight excluding hydrogens is 636 g/mol. The van der Waals surface area contributed by atoms with Gasteiger partial charge in [0.25, 0.3) is 0 Å². The highest BCUT2D eigenvalue weighted by molar-refractivity contribution is 9.10. The van der Waals surface area contributed by atoms with Crippen LogP contribution in [0.15, 0.2) is 180 Å². The van der Waals surface area contributed by atoms with E-state index >= 15 is 0 Å². The number of fused-ring (bicyclic) bond motifs is 8. The highest BCUT2D eigenvalue weighted by atomic mass is 79.9. The average molecular weight is 666 g/mol. The molecular formula is C44H29BrN2. The quantitative estimate of drug-likeness (QED) is 0.174. The Morgan fingerprint density at radius 3 is 1.15 bits per heavy atom. The molecule has 2 nitrogen and oxygen atoms in total. The number of rotatable bonds is 2. The van der Waals surface area contributed by atoms with Gasteiger partial charge in [-0.2, -0.15) is 0 Å². The van der Waals surface area contributed by atoms with Crippen LogP contribution in [-0.4, -0.2) is 9.13 Å². The minimum atomic E-state index is 1.11. The Kier molecular flexibility index (Phi) is 6.65. The Morgan fingerprint density at radius 1 is 0.298 bits per heavy atom. The number of para-hydroxylation sites is 3. The molecule has 0 saturated carbocycles. The fourth-order valence-corrected chi connectivity index (χ4v) is 7.55. The van der Waals surface area contributed by atoms with E-state index in [1.807, 2.05) is 0 Å². The van der Waals surface area contributed by atoms with E-state index in [1.165, 1.54) is 76.5 Å².